The number of allylic oxidation sites excluding steroid dienone is 1. The quantitative estimate of drug-likeness (QED) is 0.463. The van der Waals surface area contributed by atoms with Gasteiger partial charge in [-0.1, -0.05) is 37.3 Å². The largest absolute Gasteiger partial charge is 0.462 e. The maximum Gasteiger partial charge on any atom is 0.315 e. The number of carbonyl (C=O) groups excluding carboxylic acids is 1. The van der Waals surface area contributed by atoms with Gasteiger partial charge >= 0.3 is 5.97 Å². The first-order valence-electron chi connectivity index (χ1n) is 11.3. The number of rotatable bonds is 5. The van der Waals surface area contributed by atoms with Crippen LogP contribution in [0.25, 0.3) is 10.9 Å². The number of hydrogen-bond acceptors (Lipinski definition) is 2. The summed E-state index contributed by atoms with van der Waals surface area (Å²) in [6, 6.07) is 8.45. The van der Waals surface area contributed by atoms with E-state index in [1.54, 1.807) is 0 Å². The highest BCUT2D eigenvalue weighted by molar-refractivity contribution is 5.83. The van der Waals surface area contributed by atoms with Gasteiger partial charge in [-0.2, -0.15) is 0 Å². The molecular formula is C25H33N2O2+. The molecule has 4 heteroatoms. The van der Waals surface area contributed by atoms with Gasteiger partial charge in [0.05, 0.1) is 13.1 Å². The second-order valence-corrected chi connectivity index (χ2v) is 9.83. The lowest BCUT2D eigenvalue weighted by Gasteiger charge is -2.49. The highest BCUT2D eigenvalue weighted by Gasteiger charge is 2.55. The van der Waals surface area contributed by atoms with E-state index in [0.29, 0.717) is 11.8 Å². The summed E-state index contributed by atoms with van der Waals surface area (Å²) in [7, 11) is 0. The van der Waals surface area contributed by atoms with Crippen molar-refractivity contribution in [3.63, 3.8) is 0 Å². The number of aromatic nitrogens is 1. The van der Waals surface area contributed by atoms with Gasteiger partial charge in [0.15, 0.2) is 0 Å². The molecule has 0 amide bonds. The van der Waals surface area contributed by atoms with Crippen LogP contribution in [0.1, 0.15) is 44.6 Å². The summed E-state index contributed by atoms with van der Waals surface area (Å²) in [6.45, 7) is 8.63. The van der Waals surface area contributed by atoms with Crippen LogP contribution >= 0.6 is 0 Å². The van der Waals surface area contributed by atoms with Gasteiger partial charge in [0, 0.05) is 29.4 Å². The number of ether oxygens (including phenoxy) is 1. The Bertz CT molecular complexity index is 932. The number of carbonyl (C=O) groups is 1. The van der Waals surface area contributed by atoms with Crippen LogP contribution < -0.4 is 5.32 Å². The number of nitrogens with one attached hydrogen (secondary N) is 1. The van der Waals surface area contributed by atoms with Crippen molar-refractivity contribution < 1.29 is 14.8 Å². The molecule has 1 saturated heterocycles. The molecule has 154 valence electrons. The number of quaternary nitrogens is 1. The summed E-state index contributed by atoms with van der Waals surface area (Å²) < 4.78 is 5.89. The van der Waals surface area contributed by atoms with Crippen molar-refractivity contribution in [3.05, 3.63) is 48.2 Å². The predicted octanol–water partition coefficient (Wildman–Crippen LogP) is 3.59. The lowest BCUT2D eigenvalue weighted by atomic mass is 9.55. The number of H-pyrrole nitrogens is 1. The minimum absolute atomic E-state index is 0.0382. The molecule has 4 nitrogen and oxygen atoms in total. The Balaban J connectivity index is 1.20. The van der Waals surface area contributed by atoms with Crippen molar-refractivity contribution in [2.24, 2.45) is 23.2 Å². The Labute approximate surface area is 173 Å². The van der Waals surface area contributed by atoms with Crippen molar-refractivity contribution in [1.82, 2.24) is 4.98 Å². The van der Waals surface area contributed by atoms with Gasteiger partial charge in [0.25, 0.3) is 0 Å². The monoisotopic (exact) mass is 393 g/mol. The lowest BCUT2D eigenvalue weighted by molar-refractivity contribution is -0.658. The molecule has 29 heavy (non-hydrogen) atoms. The van der Waals surface area contributed by atoms with Gasteiger partial charge < -0.3 is 15.0 Å². The standard InChI is InChI=1S/C25H32N2O2/c1-16-6-5-10-25(2)13-23-19(12-21(16)25)20(24(28)29-23)15-26-11-9-17-14-27-22-8-4-3-7-18(17)22/h3-4,7-8,14,19-21,23,26-27H,1,5-6,9-13,15H2,2H3/p+1/t19-,20+,21-,23-,25-/m1/s1. The van der Waals surface area contributed by atoms with E-state index >= 15 is 0 Å². The number of nitrogens with two attached hydrogens (primary N) is 1. The van der Waals surface area contributed by atoms with E-state index in [-0.39, 0.29) is 23.4 Å². The zero-order chi connectivity index (χ0) is 20.0. The Hall–Kier alpha value is -2.07. The SMILES string of the molecule is C=C1CCC[C@]2(C)C[C@H]3OC(=O)[C@@H](C[NH2+]CCc4c[nH]c5ccccc45)[C@H]3C[C@H]12. The van der Waals surface area contributed by atoms with Crippen LogP contribution in [0.5, 0.6) is 0 Å². The summed E-state index contributed by atoms with van der Waals surface area (Å²) >= 11 is 0. The number of benzene rings is 1. The summed E-state index contributed by atoms with van der Waals surface area (Å²) in [5.41, 5.74) is 4.25. The van der Waals surface area contributed by atoms with Gasteiger partial charge in [0.1, 0.15) is 12.0 Å². The first-order valence-corrected chi connectivity index (χ1v) is 11.3. The molecule has 0 spiro atoms. The Morgan fingerprint density at radius 1 is 1.34 bits per heavy atom. The van der Waals surface area contributed by atoms with Crippen LogP contribution in [0.2, 0.25) is 0 Å². The van der Waals surface area contributed by atoms with Crippen molar-refractivity contribution in [3.8, 4) is 0 Å². The Morgan fingerprint density at radius 3 is 3.10 bits per heavy atom. The predicted molar refractivity (Wildman–Crippen MR) is 114 cm³/mol. The molecule has 5 atom stereocenters. The molecule has 0 radical (unpaired) electrons. The number of fused-ring (bicyclic) bond motifs is 3. The highest BCUT2D eigenvalue weighted by Crippen LogP contribution is 2.56. The van der Waals surface area contributed by atoms with Gasteiger partial charge in [-0.05, 0) is 55.1 Å². The number of esters is 1. The topological polar surface area (TPSA) is 58.7 Å². The second kappa shape index (κ2) is 7.32. The maximum absolute atomic E-state index is 12.7. The van der Waals surface area contributed by atoms with Crippen molar-refractivity contribution in [1.29, 1.82) is 0 Å². The minimum atomic E-state index is 0.0382. The van der Waals surface area contributed by atoms with E-state index in [2.05, 4.69) is 54.3 Å². The van der Waals surface area contributed by atoms with Crippen LogP contribution in [-0.2, 0) is 16.0 Å². The molecule has 0 bridgehead atoms. The summed E-state index contributed by atoms with van der Waals surface area (Å²) in [4.78, 5) is 16.0. The fourth-order valence-electron chi connectivity index (χ4n) is 6.42. The number of aromatic amines is 1. The smallest absolute Gasteiger partial charge is 0.315 e. The molecule has 2 saturated carbocycles. The zero-order valence-electron chi connectivity index (χ0n) is 17.5. The molecule has 3 aliphatic rings. The fraction of sp³-hybridized carbons (Fsp3) is 0.560. The lowest BCUT2D eigenvalue weighted by Crippen LogP contribution is -2.86. The van der Waals surface area contributed by atoms with Crippen LogP contribution in [0.15, 0.2) is 42.6 Å². The molecular weight excluding hydrogens is 360 g/mol. The molecule has 0 unspecified atom stereocenters. The van der Waals surface area contributed by atoms with Gasteiger partial charge in [0.2, 0.25) is 0 Å². The fourth-order valence-corrected chi connectivity index (χ4v) is 6.42. The van der Waals surface area contributed by atoms with Crippen LogP contribution in [-0.4, -0.2) is 30.1 Å². The first-order chi connectivity index (χ1) is 14.0. The molecule has 2 aliphatic carbocycles. The van der Waals surface area contributed by atoms with Crippen molar-refractivity contribution in [2.75, 3.05) is 13.1 Å². The molecule has 2 aromatic rings. The number of hydrogen-bond donors (Lipinski definition) is 2. The third-order valence-corrected chi connectivity index (χ3v) is 8.03. The van der Waals surface area contributed by atoms with Crippen LogP contribution in [0.4, 0.5) is 0 Å². The summed E-state index contributed by atoms with van der Waals surface area (Å²) in [5, 5.41) is 3.63. The Morgan fingerprint density at radius 2 is 2.21 bits per heavy atom. The van der Waals surface area contributed by atoms with Crippen LogP contribution in [0.3, 0.4) is 0 Å². The minimum Gasteiger partial charge on any atom is -0.462 e. The van der Waals surface area contributed by atoms with Crippen molar-refractivity contribution >= 4 is 16.9 Å². The van der Waals surface area contributed by atoms with Crippen LogP contribution in [0, 0.1) is 23.2 Å². The third-order valence-electron chi connectivity index (χ3n) is 8.03. The maximum atomic E-state index is 12.7. The van der Waals surface area contributed by atoms with E-state index < -0.39 is 0 Å². The molecule has 3 fully saturated rings. The summed E-state index contributed by atoms with van der Waals surface area (Å²) in [6.07, 6.45) is 9.02. The molecule has 2 heterocycles. The van der Waals surface area contributed by atoms with E-state index in [9.17, 15) is 4.79 Å². The third kappa shape index (κ3) is 3.31. The average molecular weight is 394 g/mol. The molecule has 5 rings (SSSR count). The zero-order valence-corrected chi connectivity index (χ0v) is 17.5. The van der Waals surface area contributed by atoms with Gasteiger partial charge in [-0.3, -0.25) is 4.79 Å². The first kappa shape index (κ1) is 18.9. The molecule has 1 aromatic carbocycles. The van der Waals surface area contributed by atoms with Gasteiger partial charge in [-0.25, -0.2) is 0 Å². The van der Waals surface area contributed by atoms with Gasteiger partial charge in [-0.15, -0.1) is 0 Å². The normalized spacial score (nSPS) is 34.1. The molecule has 1 aliphatic heterocycles. The van der Waals surface area contributed by atoms with E-state index in [4.69, 9.17) is 4.74 Å². The second-order valence-electron chi connectivity index (χ2n) is 9.83. The Kier molecular flexibility index (Phi) is 4.78. The molecule has 3 N–H and O–H groups in total. The van der Waals surface area contributed by atoms with E-state index in [1.807, 2.05) is 0 Å². The number of para-hydroxylation sites is 1. The highest BCUT2D eigenvalue weighted by atomic mass is 16.6. The summed E-state index contributed by atoms with van der Waals surface area (Å²) in [5.74, 6) is 1.03. The van der Waals surface area contributed by atoms with Crippen molar-refractivity contribution in [2.45, 2.75) is 51.6 Å². The van der Waals surface area contributed by atoms with E-state index in [0.717, 1.165) is 38.8 Å². The van der Waals surface area contributed by atoms with E-state index in [1.165, 1.54) is 34.9 Å². The average Bonchev–Trinajstić information content (AvgIpc) is 3.24. The molecule has 1 aromatic heterocycles.